The maximum Gasteiger partial charge on any atom is 0.228 e. The zero-order valence-corrected chi connectivity index (χ0v) is 13.8. The molecule has 0 spiro atoms. The molecule has 110 valence electrons. The van der Waals surface area contributed by atoms with Crippen LogP contribution in [0.1, 0.15) is 32.6 Å². The largest absolute Gasteiger partial charge is 0.488 e. The monoisotopic (exact) mass is 350 g/mol. The van der Waals surface area contributed by atoms with E-state index in [2.05, 4.69) is 15.9 Å². The lowest BCUT2D eigenvalue weighted by Gasteiger charge is -2.14. The van der Waals surface area contributed by atoms with Crippen LogP contribution < -0.4 is 4.74 Å². The van der Waals surface area contributed by atoms with Gasteiger partial charge in [0.2, 0.25) is 4.69 Å². The third-order valence-electron chi connectivity index (χ3n) is 3.45. The first-order valence-electron chi connectivity index (χ1n) is 6.58. The van der Waals surface area contributed by atoms with E-state index in [1.807, 2.05) is 26.0 Å². The van der Waals surface area contributed by atoms with Crippen LogP contribution in [0.15, 0.2) is 30.3 Å². The smallest absolute Gasteiger partial charge is 0.228 e. The van der Waals surface area contributed by atoms with Gasteiger partial charge in [-0.25, -0.2) is 4.39 Å². The van der Waals surface area contributed by atoms with Crippen molar-refractivity contribution in [3.63, 3.8) is 0 Å². The summed E-state index contributed by atoms with van der Waals surface area (Å²) in [5, 5.41) is 0. The second kappa shape index (κ2) is 6.39. The van der Waals surface area contributed by atoms with Gasteiger partial charge in [-0.15, -0.1) is 0 Å². The Hall–Kier alpha value is -1.68. The van der Waals surface area contributed by atoms with E-state index in [1.54, 1.807) is 19.1 Å². The maximum absolute atomic E-state index is 13.6. The molecular weight excluding hydrogens is 335 g/mol. The highest BCUT2D eigenvalue weighted by Gasteiger charge is 2.12. The normalized spacial score (nSPS) is 10.5. The predicted octanol–water partition coefficient (Wildman–Crippen LogP) is 4.87. The van der Waals surface area contributed by atoms with E-state index >= 15 is 0 Å². The molecule has 4 heteroatoms. The molecule has 0 saturated heterocycles. The first kappa shape index (κ1) is 15.7. The lowest BCUT2D eigenvalue weighted by Crippen LogP contribution is -2.05. The highest BCUT2D eigenvalue weighted by molar-refractivity contribution is 9.18. The molecule has 0 aliphatic rings. The van der Waals surface area contributed by atoms with Gasteiger partial charge >= 0.3 is 0 Å². The Kier molecular flexibility index (Phi) is 4.78. The number of aryl methyl sites for hydroxylation is 3. The number of halogens is 2. The fraction of sp³-hybridized carbons (Fsp3) is 0.235. The fourth-order valence-corrected chi connectivity index (χ4v) is 2.56. The van der Waals surface area contributed by atoms with E-state index in [-0.39, 0.29) is 17.1 Å². The van der Waals surface area contributed by atoms with Crippen molar-refractivity contribution in [1.82, 2.24) is 0 Å². The third-order valence-corrected chi connectivity index (χ3v) is 3.88. The Bertz CT molecular complexity index is 695. The highest BCUT2D eigenvalue weighted by atomic mass is 79.9. The average Bonchev–Trinajstić information content (AvgIpc) is 2.42. The molecule has 0 aliphatic carbocycles. The molecule has 0 aromatic heterocycles. The Morgan fingerprint density at radius 1 is 1.14 bits per heavy atom. The predicted molar refractivity (Wildman–Crippen MR) is 84.6 cm³/mol. The van der Waals surface area contributed by atoms with Crippen LogP contribution in [0.3, 0.4) is 0 Å². The number of carbonyl (C=O) groups is 1. The summed E-state index contributed by atoms with van der Waals surface area (Å²) in [6.07, 6.45) is 0. The Morgan fingerprint density at radius 3 is 2.52 bits per heavy atom. The van der Waals surface area contributed by atoms with Crippen LogP contribution in [0, 0.1) is 26.6 Å². The summed E-state index contributed by atoms with van der Waals surface area (Å²) in [7, 11) is 0. The minimum absolute atomic E-state index is 0.184. The van der Waals surface area contributed by atoms with E-state index in [9.17, 15) is 9.18 Å². The van der Waals surface area contributed by atoms with Crippen LogP contribution in [0.5, 0.6) is 5.75 Å². The summed E-state index contributed by atoms with van der Waals surface area (Å²) >= 11 is 2.97. The SMILES string of the molecule is Cc1cc(C)c(OCc2c(C)cccc2C(=O)Br)cc1F. The van der Waals surface area contributed by atoms with Crippen molar-refractivity contribution in [2.24, 2.45) is 0 Å². The molecule has 2 aromatic carbocycles. The third kappa shape index (κ3) is 3.50. The lowest BCUT2D eigenvalue weighted by molar-refractivity contribution is 0.109. The standard InChI is InChI=1S/C17H16BrFO2/c1-10-5-4-6-13(17(18)20)14(10)9-21-16-8-15(19)11(2)7-12(16)3/h4-8H,9H2,1-3H3. The van der Waals surface area contributed by atoms with Crippen LogP contribution in [0.25, 0.3) is 0 Å². The van der Waals surface area contributed by atoms with Crippen molar-refractivity contribution in [3.05, 3.63) is 64.0 Å². The molecule has 21 heavy (non-hydrogen) atoms. The second-order valence-electron chi connectivity index (χ2n) is 5.03. The van der Waals surface area contributed by atoms with Gasteiger partial charge in [0.05, 0.1) is 0 Å². The van der Waals surface area contributed by atoms with Gasteiger partial charge < -0.3 is 4.74 Å². The number of ether oxygens (including phenoxy) is 1. The first-order valence-corrected chi connectivity index (χ1v) is 7.37. The quantitative estimate of drug-likeness (QED) is 0.735. The summed E-state index contributed by atoms with van der Waals surface area (Å²) < 4.78 is 19.2. The molecule has 0 atom stereocenters. The van der Waals surface area contributed by atoms with Crippen molar-refractivity contribution in [2.75, 3.05) is 0 Å². The zero-order valence-electron chi connectivity index (χ0n) is 12.2. The van der Waals surface area contributed by atoms with E-state index in [0.717, 1.165) is 16.7 Å². The molecule has 0 N–H and O–H groups in total. The van der Waals surface area contributed by atoms with Gasteiger partial charge in [-0.2, -0.15) is 0 Å². The van der Waals surface area contributed by atoms with E-state index in [0.29, 0.717) is 16.9 Å². The van der Waals surface area contributed by atoms with Crippen molar-refractivity contribution in [1.29, 1.82) is 0 Å². The summed E-state index contributed by atoms with van der Waals surface area (Å²) in [6, 6.07) is 8.62. The van der Waals surface area contributed by atoms with Crippen LogP contribution >= 0.6 is 15.9 Å². The maximum atomic E-state index is 13.6. The highest BCUT2D eigenvalue weighted by Crippen LogP contribution is 2.25. The topological polar surface area (TPSA) is 26.3 Å². The molecule has 0 amide bonds. The molecule has 2 rings (SSSR count). The Morgan fingerprint density at radius 2 is 1.86 bits per heavy atom. The summed E-state index contributed by atoms with van der Waals surface area (Å²) in [4.78, 5) is 11.6. The van der Waals surface area contributed by atoms with Crippen molar-refractivity contribution >= 4 is 20.6 Å². The van der Waals surface area contributed by atoms with Gasteiger partial charge in [0, 0.05) is 17.2 Å². The molecule has 2 nitrogen and oxygen atoms in total. The number of carbonyl (C=O) groups excluding carboxylic acids is 1. The molecule has 0 heterocycles. The molecule has 0 saturated carbocycles. The van der Waals surface area contributed by atoms with Gasteiger partial charge in [-0.1, -0.05) is 18.2 Å². The average molecular weight is 351 g/mol. The van der Waals surface area contributed by atoms with Crippen molar-refractivity contribution in [3.8, 4) is 5.75 Å². The molecular formula is C17H16BrFO2. The summed E-state index contributed by atoms with van der Waals surface area (Å²) in [5.74, 6) is 0.200. The summed E-state index contributed by atoms with van der Waals surface area (Å²) in [5.41, 5.74) is 3.80. The van der Waals surface area contributed by atoms with Crippen LogP contribution in [0.4, 0.5) is 4.39 Å². The van der Waals surface area contributed by atoms with Gasteiger partial charge in [0.25, 0.3) is 0 Å². The second-order valence-corrected chi connectivity index (χ2v) is 5.75. The van der Waals surface area contributed by atoms with Crippen LogP contribution in [-0.2, 0) is 6.61 Å². The number of hydrogen-bond acceptors (Lipinski definition) is 2. The minimum Gasteiger partial charge on any atom is -0.488 e. The lowest BCUT2D eigenvalue weighted by atomic mass is 10.0. The number of rotatable bonds is 4. The Labute approximate surface area is 132 Å². The summed E-state index contributed by atoms with van der Waals surface area (Å²) in [6.45, 7) is 5.73. The molecule has 0 bridgehead atoms. The number of hydrogen-bond donors (Lipinski definition) is 0. The van der Waals surface area contributed by atoms with Gasteiger partial charge in [-0.05, 0) is 59.5 Å². The van der Waals surface area contributed by atoms with Crippen molar-refractivity contribution in [2.45, 2.75) is 27.4 Å². The van der Waals surface area contributed by atoms with Gasteiger partial charge in [0.1, 0.15) is 18.2 Å². The Balaban J connectivity index is 2.29. The number of benzene rings is 2. The van der Waals surface area contributed by atoms with Gasteiger partial charge in [-0.3, -0.25) is 4.79 Å². The zero-order chi connectivity index (χ0) is 15.6. The van der Waals surface area contributed by atoms with E-state index in [1.165, 1.54) is 6.07 Å². The van der Waals surface area contributed by atoms with E-state index in [4.69, 9.17) is 4.74 Å². The van der Waals surface area contributed by atoms with Crippen LogP contribution in [-0.4, -0.2) is 4.69 Å². The van der Waals surface area contributed by atoms with Gasteiger partial charge in [0.15, 0.2) is 0 Å². The van der Waals surface area contributed by atoms with Crippen molar-refractivity contribution < 1.29 is 13.9 Å². The molecule has 0 unspecified atom stereocenters. The molecule has 0 aliphatic heterocycles. The molecule has 0 fully saturated rings. The van der Waals surface area contributed by atoms with E-state index < -0.39 is 0 Å². The minimum atomic E-state index is -0.294. The fourth-order valence-electron chi connectivity index (χ4n) is 2.19. The first-order chi connectivity index (χ1) is 9.90. The van der Waals surface area contributed by atoms with Crippen LogP contribution in [0.2, 0.25) is 0 Å². The molecule has 2 aromatic rings. The molecule has 0 radical (unpaired) electrons.